The summed E-state index contributed by atoms with van der Waals surface area (Å²) in [5, 5.41) is 4.13. The zero-order valence-electron chi connectivity index (χ0n) is 29.5. The summed E-state index contributed by atoms with van der Waals surface area (Å²) in [5.41, 5.74) is -2.26. The second-order valence-electron chi connectivity index (χ2n) is 12.5. The minimum Gasteiger partial charge on any atom is -0.494 e. The number of methoxy groups -OCH3 is 1. The molecule has 0 aliphatic carbocycles. The molecule has 0 saturated carbocycles. The Morgan fingerprint density at radius 2 is 1.00 bits per heavy atom. The van der Waals surface area contributed by atoms with E-state index < -0.39 is 97.8 Å². The molecule has 4 rings (SSSR count). The average Bonchev–Trinajstić information content (AvgIpc) is 3.08. The first-order valence-corrected chi connectivity index (χ1v) is 18.3. The predicted octanol–water partition coefficient (Wildman–Crippen LogP) is 7.18. The van der Waals surface area contributed by atoms with Gasteiger partial charge in [-0.15, -0.1) is 0 Å². The molecule has 55 heavy (non-hydrogen) atoms. The third-order valence-corrected chi connectivity index (χ3v) is 12.7. The summed E-state index contributed by atoms with van der Waals surface area (Å²) in [5.74, 6) is -5.04. The van der Waals surface area contributed by atoms with E-state index >= 15 is 0 Å². The number of ether oxygens (including phenoxy) is 1. The highest BCUT2D eigenvalue weighted by atomic mass is 32.2. The Morgan fingerprint density at radius 3 is 1.35 bits per heavy atom. The molecule has 0 saturated heterocycles. The zero-order chi connectivity index (χ0) is 41.9. The first kappa shape index (κ1) is 44.2. The van der Waals surface area contributed by atoms with Crippen LogP contribution in [0.15, 0.2) is 82.6 Å². The molecule has 0 bridgehead atoms. The lowest BCUT2D eigenvalue weighted by Gasteiger charge is -2.24. The maximum atomic E-state index is 13.9. The number of nitrogens with zero attached hydrogens (tertiary/aromatic N) is 2. The Balaban J connectivity index is 0.000000296. The fourth-order valence-corrected chi connectivity index (χ4v) is 7.03. The van der Waals surface area contributed by atoms with Crippen molar-refractivity contribution in [2.24, 2.45) is 0 Å². The van der Waals surface area contributed by atoms with Crippen LogP contribution in [0.5, 0.6) is 5.75 Å². The van der Waals surface area contributed by atoms with E-state index in [9.17, 15) is 61.5 Å². The van der Waals surface area contributed by atoms with Crippen molar-refractivity contribution >= 4 is 43.1 Å². The molecule has 2 N–H and O–H groups in total. The predicted molar refractivity (Wildman–Crippen MR) is 182 cm³/mol. The minimum atomic E-state index is -4.73. The molecule has 0 atom stereocenters. The minimum absolute atomic E-state index is 0.186. The molecule has 4 aromatic rings. The van der Waals surface area contributed by atoms with E-state index in [1.165, 1.54) is 20.1 Å². The van der Waals surface area contributed by atoms with Crippen molar-refractivity contribution in [1.82, 2.24) is 9.97 Å². The molecule has 2 aromatic carbocycles. The van der Waals surface area contributed by atoms with Gasteiger partial charge in [-0.2, -0.15) is 26.3 Å². The highest BCUT2D eigenvalue weighted by molar-refractivity contribution is 7.94. The number of amides is 2. The average molecular weight is 825 g/mol. The molecule has 0 radical (unpaired) electrons. The summed E-state index contributed by atoms with van der Waals surface area (Å²) in [4.78, 5) is 30.6. The number of benzene rings is 2. The smallest absolute Gasteiger partial charge is 0.433 e. The Kier molecular flexibility index (Phi) is 12.8. The highest BCUT2D eigenvalue weighted by Gasteiger charge is 2.45. The molecule has 21 heteroatoms. The summed E-state index contributed by atoms with van der Waals surface area (Å²) in [6, 6.07) is 11.7. The van der Waals surface area contributed by atoms with Gasteiger partial charge in [0, 0.05) is 0 Å². The van der Waals surface area contributed by atoms with Crippen LogP contribution in [-0.4, -0.2) is 55.2 Å². The number of rotatable bonds is 9. The second kappa shape index (κ2) is 15.9. The van der Waals surface area contributed by atoms with E-state index in [0.717, 1.165) is 76.2 Å². The molecule has 0 unspecified atom stereocenters. The number of halogens is 8. The molecular formula is C34H32F8N4O7S2. The molecule has 0 fully saturated rings. The van der Waals surface area contributed by atoms with Gasteiger partial charge in [0.25, 0.3) is 0 Å². The van der Waals surface area contributed by atoms with Gasteiger partial charge in [0.15, 0.2) is 31.2 Å². The van der Waals surface area contributed by atoms with Crippen molar-refractivity contribution in [2.45, 2.75) is 66.3 Å². The number of alkyl halides is 6. The van der Waals surface area contributed by atoms with Crippen LogP contribution in [0.3, 0.4) is 0 Å². The Bertz CT molecular complexity index is 2310. The molecule has 11 nitrogen and oxygen atoms in total. The van der Waals surface area contributed by atoms with Gasteiger partial charge in [-0.3, -0.25) is 9.59 Å². The third kappa shape index (κ3) is 9.74. The number of carbonyl (C=O) groups excluding carboxylic acids is 2. The third-order valence-electron chi connectivity index (χ3n) is 7.89. The van der Waals surface area contributed by atoms with E-state index in [-0.39, 0.29) is 11.3 Å². The van der Waals surface area contributed by atoms with E-state index in [0.29, 0.717) is 18.2 Å². The van der Waals surface area contributed by atoms with E-state index in [4.69, 9.17) is 4.74 Å². The number of aryl methyl sites for hydroxylation is 1. The first-order chi connectivity index (χ1) is 25.1. The van der Waals surface area contributed by atoms with Crippen molar-refractivity contribution in [3.05, 3.63) is 101 Å². The van der Waals surface area contributed by atoms with Gasteiger partial charge < -0.3 is 15.4 Å². The van der Waals surface area contributed by atoms with Crippen molar-refractivity contribution in [2.75, 3.05) is 17.7 Å². The molecule has 0 aliphatic heterocycles. The molecule has 2 heterocycles. The Labute approximate surface area is 310 Å². The molecule has 0 spiro atoms. The highest BCUT2D eigenvalue weighted by Crippen LogP contribution is 2.33. The topological polar surface area (TPSA) is 161 Å². The lowest BCUT2D eigenvalue weighted by molar-refractivity contribution is -0.141. The number of pyridine rings is 2. The normalized spacial score (nSPS) is 12.6. The van der Waals surface area contributed by atoms with Gasteiger partial charge in [0.1, 0.15) is 38.3 Å². The summed E-state index contributed by atoms with van der Waals surface area (Å²) >= 11 is 0. The quantitative estimate of drug-likeness (QED) is 0.167. The van der Waals surface area contributed by atoms with Crippen LogP contribution in [0.25, 0.3) is 0 Å². The van der Waals surface area contributed by atoms with Gasteiger partial charge in [-0.25, -0.2) is 35.6 Å². The van der Waals surface area contributed by atoms with Crippen molar-refractivity contribution in [3.8, 4) is 5.75 Å². The summed E-state index contributed by atoms with van der Waals surface area (Å²) in [6.45, 7) is 5.69. The number of hydrogen-bond acceptors (Lipinski definition) is 9. The Morgan fingerprint density at radius 1 is 0.618 bits per heavy atom. The fourth-order valence-electron chi connectivity index (χ4n) is 4.25. The molecule has 2 amide bonds. The standard InChI is InChI=1S/C17H16F4N2O4S.C17H16F4N2O3S/c1-16(2,28(25,26)10-7-8-12(27-3)11(18)9-10)15(24)23-14-6-4-5-13(22-14)17(19,20)21;1-10-7-8-11(9-12(10)18)27(25,26)16(2,3)15(24)23-14-6-4-5-13(22-14)17(19,20)21/h4-9H,1-3H3,(H,22,23,24);4-9H,1-3H3,(H,22,23,24). The Hall–Kier alpha value is -5.18. The first-order valence-electron chi connectivity index (χ1n) is 15.4. The summed E-state index contributed by atoms with van der Waals surface area (Å²) < 4.78 is 155. The van der Waals surface area contributed by atoms with Crippen LogP contribution in [0.1, 0.15) is 44.6 Å². The monoisotopic (exact) mass is 824 g/mol. The van der Waals surface area contributed by atoms with Crippen LogP contribution in [0, 0.1) is 18.6 Å². The van der Waals surface area contributed by atoms with Crippen molar-refractivity contribution < 1.29 is 66.3 Å². The van der Waals surface area contributed by atoms with Crippen molar-refractivity contribution in [3.63, 3.8) is 0 Å². The van der Waals surface area contributed by atoms with Gasteiger partial charge in [0.05, 0.1) is 16.9 Å². The van der Waals surface area contributed by atoms with Gasteiger partial charge in [-0.05, 0) is 94.8 Å². The maximum Gasteiger partial charge on any atom is 0.433 e. The summed E-state index contributed by atoms with van der Waals surface area (Å²) in [7, 11) is -7.54. The maximum absolute atomic E-state index is 13.9. The SMILES string of the molecule is COc1ccc(S(=O)(=O)C(C)(C)C(=O)Nc2cccc(C(F)(F)F)n2)cc1F.Cc1ccc(S(=O)(=O)C(C)(C)C(=O)Nc2cccc(C(F)(F)F)n2)cc1F. The van der Waals surface area contributed by atoms with Gasteiger partial charge in [0.2, 0.25) is 11.8 Å². The van der Waals surface area contributed by atoms with E-state index in [1.807, 2.05) is 0 Å². The molecule has 298 valence electrons. The zero-order valence-corrected chi connectivity index (χ0v) is 31.2. The van der Waals surface area contributed by atoms with Crippen LogP contribution < -0.4 is 15.4 Å². The van der Waals surface area contributed by atoms with Crippen LogP contribution in [0.4, 0.5) is 46.8 Å². The van der Waals surface area contributed by atoms with E-state index in [2.05, 4.69) is 20.6 Å². The number of nitrogens with one attached hydrogen (secondary N) is 2. The van der Waals surface area contributed by atoms with Gasteiger partial charge >= 0.3 is 12.4 Å². The van der Waals surface area contributed by atoms with Gasteiger partial charge in [-0.1, -0.05) is 18.2 Å². The number of sulfone groups is 2. The van der Waals surface area contributed by atoms with Crippen LogP contribution >= 0.6 is 0 Å². The number of carbonyl (C=O) groups is 2. The lowest BCUT2D eigenvalue weighted by atomic mass is 10.2. The van der Waals surface area contributed by atoms with Crippen LogP contribution in [0.2, 0.25) is 0 Å². The molecular weight excluding hydrogens is 793 g/mol. The molecule has 0 aliphatic rings. The second-order valence-corrected chi connectivity index (χ2v) is 17.5. The number of anilines is 2. The fraction of sp³-hybridized carbons (Fsp3) is 0.294. The number of hydrogen-bond donors (Lipinski definition) is 2. The molecule has 2 aromatic heterocycles. The summed E-state index contributed by atoms with van der Waals surface area (Å²) in [6.07, 6.45) is -9.45. The largest absolute Gasteiger partial charge is 0.494 e. The lowest BCUT2D eigenvalue weighted by Crippen LogP contribution is -2.44. The number of aromatic nitrogens is 2. The van der Waals surface area contributed by atoms with Crippen LogP contribution in [-0.2, 0) is 41.6 Å². The van der Waals surface area contributed by atoms with Crippen molar-refractivity contribution in [1.29, 1.82) is 0 Å². The van der Waals surface area contributed by atoms with E-state index in [1.54, 1.807) is 0 Å².